The molecule has 32 heavy (non-hydrogen) atoms. The summed E-state index contributed by atoms with van der Waals surface area (Å²) >= 11 is 5.20. The number of carbonyl (C=O) groups excluding carboxylic acids is 1. The molecule has 3 aromatic carbocycles. The Hall–Kier alpha value is -3.66. The van der Waals surface area contributed by atoms with Gasteiger partial charge in [-0.3, -0.25) is 4.79 Å². The Morgan fingerprint density at radius 1 is 0.906 bits per heavy atom. The number of nitrogen functional groups attached to an aromatic ring is 1. The van der Waals surface area contributed by atoms with Crippen molar-refractivity contribution in [3.05, 3.63) is 83.7 Å². The highest BCUT2D eigenvalue weighted by Crippen LogP contribution is 2.26. The molecule has 5 N–H and O–H groups in total. The largest absolute Gasteiger partial charge is 0.397 e. The molecule has 0 aliphatic rings. The Bertz CT molecular complexity index is 1130. The van der Waals surface area contributed by atoms with Crippen molar-refractivity contribution in [1.29, 1.82) is 0 Å². The van der Waals surface area contributed by atoms with E-state index in [1.807, 2.05) is 0 Å². The first kappa shape index (κ1) is 23.0. The van der Waals surface area contributed by atoms with E-state index in [9.17, 15) is 22.4 Å². The van der Waals surface area contributed by atoms with E-state index in [0.717, 1.165) is 0 Å². The Morgan fingerprint density at radius 3 is 2.16 bits per heavy atom. The molecule has 0 saturated heterocycles. The molecule has 0 aromatic heterocycles. The summed E-state index contributed by atoms with van der Waals surface area (Å²) in [6.45, 7) is 0. The molecule has 5 nitrogen and oxygen atoms in total. The molecule has 0 spiro atoms. The maximum atomic E-state index is 13.7. The quantitative estimate of drug-likeness (QED) is 0.226. The fourth-order valence-corrected chi connectivity index (χ4v) is 3.05. The van der Waals surface area contributed by atoms with Crippen LogP contribution in [-0.4, -0.2) is 17.2 Å². The molecule has 0 atom stereocenters. The second kappa shape index (κ2) is 9.65. The summed E-state index contributed by atoms with van der Waals surface area (Å²) < 4.78 is 51.6. The monoisotopic (exact) mass is 462 g/mol. The number of amides is 1. The van der Waals surface area contributed by atoms with Gasteiger partial charge in [0.1, 0.15) is 5.82 Å². The molecular weight excluding hydrogens is 444 g/mol. The van der Waals surface area contributed by atoms with Crippen molar-refractivity contribution >= 4 is 46.0 Å². The van der Waals surface area contributed by atoms with Crippen LogP contribution in [0.1, 0.15) is 15.9 Å². The Morgan fingerprint density at radius 2 is 1.53 bits per heavy atom. The number of hydrogen-bond acceptors (Lipinski definition) is 3. The molecule has 3 aromatic rings. The lowest BCUT2D eigenvalue weighted by molar-refractivity contribution is -0.127. The number of halogens is 4. The van der Waals surface area contributed by atoms with Gasteiger partial charge in [-0.1, -0.05) is 18.2 Å². The van der Waals surface area contributed by atoms with E-state index in [1.54, 1.807) is 30.3 Å². The summed E-state index contributed by atoms with van der Waals surface area (Å²) in [5.41, 5.74) is 7.27. The molecule has 3 rings (SSSR count). The summed E-state index contributed by atoms with van der Waals surface area (Å²) in [7, 11) is 0. The molecule has 0 heterocycles. The Labute approximate surface area is 186 Å². The number of carbonyl (C=O) groups is 1. The van der Waals surface area contributed by atoms with E-state index >= 15 is 0 Å². The molecule has 1 amide bonds. The number of nitrogens with two attached hydrogens (primary N) is 1. The van der Waals surface area contributed by atoms with Crippen LogP contribution in [0.15, 0.2) is 66.7 Å². The van der Waals surface area contributed by atoms with E-state index in [-0.39, 0.29) is 27.6 Å². The number of benzene rings is 3. The molecule has 0 radical (unpaired) electrons. The van der Waals surface area contributed by atoms with E-state index < -0.39 is 24.3 Å². The highest BCUT2D eigenvalue weighted by Gasteiger charge is 2.27. The van der Waals surface area contributed by atoms with Crippen LogP contribution in [-0.2, 0) is 6.42 Å². The highest BCUT2D eigenvalue weighted by atomic mass is 32.1. The zero-order valence-electron chi connectivity index (χ0n) is 16.5. The summed E-state index contributed by atoms with van der Waals surface area (Å²) in [5, 5.41) is 8.36. The number of hydrogen-bond donors (Lipinski definition) is 4. The molecule has 10 heteroatoms. The molecule has 0 bridgehead atoms. The van der Waals surface area contributed by atoms with E-state index in [1.165, 1.54) is 36.4 Å². The SMILES string of the molecule is Nc1ccc(CC(F)(F)F)cc1NC(=S)Nc1ccc(NC(=O)c2ccccc2F)cc1. The van der Waals surface area contributed by atoms with Crippen LogP contribution < -0.4 is 21.7 Å². The zero-order chi connectivity index (χ0) is 23.3. The minimum absolute atomic E-state index is 0.0481. The molecule has 0 unspecified atom stereocenters. The van der Waals surface area contributed by atoms with Crippen molar-refractivity contribution in [2.75, 3.05) is 21.7 Å². The molecule has 0 aliphatic heterocycles. The van der Waals surface area contributed by atoms with Crippen LogP contribution in [0.3, 0.4) is 0 Å². The maximum absolute atomic E-state index is 13.7. The van der Waals surface area contributed by atoms with E-state index in [4.69, 9.17) is 18.0 Å². The highest BCUT2D eigenvalue weighted by molar-refractivity contribution is 7.80. The molecule has 0 aliphatic carbocycles. The average molecular weight is 462 g/mol. The van der Waals surface area contributed by atoms with Crippen molar-refractivity contribution in [1.82, 2.24) is 0 Å². The third-order valence-corrected chi connectivity index (χ3v) is 4.49. The Balaban J connectivity index is 1.61. The van der Waals surface area contributed by atoms with E-state index in [2.05, 4.69) is 16.0 Å². The van der Waals surface area contributed by atoms with Crippen LogP contribution in [0.25, 0.3) is 0 Å². The van der Waals surface area contributed by atoms with Crippen molar-refractivity contribution in [2.45, 2.75) is 12.6 Å². The fourth-order valence-electron chi connectivity index (χ4n) is 2.82. The third-order valence-electron chi connectivity index (χ3n) is 4.29. The van der Waals surface area contributed by atoms with Crippen molar-refractivity contribution in [3.63, 3.8) is 0 Å². The fraction of sp³-hybridized carbons (Fsp3) is 0.0909. The van der Waals surface area contributed by atoms with Gasteiger partial charge in [-0.2, -0.15) is 13.2 Å². The smallest absolute Gasteiger partial charge is 0.393 e. The number of thiocarbonyl (C=S) groups is 1. The lowest BCUT2D eigenvalue weighted by Gasteiger charge is -2.15. The molecular formula is C22H18F4N4OS. The van der Waals surface area contributed by atoms with Crippen molar-refractivity contribution in [3.8, 4) is 0 Å². The van der Waals surface area contributed by atoms with Gasteiger partial charge in [0.25, 0.3) is 5.91 Å². The minimum atomic E-state index is -4.34. The predicted molar refractivity (Wildman–Crippen MR) is 121 cm³/mol. The second-order valence-electron chi connectivity index (χ2n) is 6.80. The van der Waals surface area contributed by atoms with Gasteiger partial charge in [0, 0.05) is 11.4 Å². The van der Waals surface area contributed by atoms with Gasteiger partial charge in [-0.25, -0.2) is 4.39 Å². The number of nitrogens with one attached hydrogen (secondary N) is 3. The summed E-state index contributed by atoms with van der Waals surface area (Å²) in [4.78, 5) is 12.2. The van der Waals surface area contributed by atoms with Crippen LogP contribution >= 0.6 is 12.2 Å². The molecule has 0 saturated carbocycles. The normalized spacial score (nSPS) is 11.0. The number of alkyl halides is 3. The number of rotatable bonds is 5. The predicted octanol–water partition coefficient (Wildman–Crippen LogP) is 5.57. The minimum Gasteiger partial charge on any atom is -0.397 e. The number of anilines is 4. The van der Waals surface area contributed by atoms with Crippen molar-refractivity contribution in [2.24, 2.45) is 0 Å². The molecule has 0 fully saturated rings. The van der Waals surface area contributed by atoms with Gasteiger partial charge in [0.05, 0.1) is 23.4 Å². The summed E-state index contributed by atoms with van der Waals surface area (Å²) in [6.07, 6.45) is -5.42. The van der Waals surface area contributed by atoms with Crippen LogP contribution in [0.5, 0.6) is 0 Å². The summed E-state index contributed by atoms with van der Waals surface area (Å²) in [5.74, 6) is -1.21. The van der Waals surface area contributed by atoms with Gasteiger partial charge in [-0.15, -0.1) is 0 Å². The van der Waals surface area contributed by atoms with E-state index in [0.29, 0.717) is 11.4 Å². The lowest BCUT2D eigenvalue weighted by Crippen LogP contribution is -2.20. The van der Waals surface area contributed by atoms with Gasteiger partial charge in [-0.05, 0) is 66.3 Å². The standard InChI is InChI=1S/C22H18F4N4OS/c23-17-4-2-1-3-16(17)20(31)28-14-6-8-15(9-7-14)29-21(32)30-19-11-13(5-10-18(19)27)12-22(24,25)26/h1-11H,12,27H2,(H,28,31)(H2,29,30,32). The lowest BCUT2D eigenvalue weighted by atomic mass is 10.1. The average Bonchev–Trinajstić information content (AvgIpc) is 2.71. The van der Waals surface area contributed by atoms with Crippen molar-refractivity contribution < 1.29 is 22.4 Å². The second-order valence-corrected chi connectivity index (χ2v) is 7.21. The van der Waals surface area contributed by atoms with Gasteiger partial charge in [0.2, 0.25) is 0 Å². The first-order valence-electron chi connectivity index (χ1n) is 9.30. The third kappa shape index (κ3) is 6.42. The topological polar surface area (TPSA) is 79.2 Å². The Kier molecular flexibility index (Phi) is 6.94. The van der Waals surface area contributed by atoms with Gasteiger partial charge >= 0.3 is 6.18 Å². The first-order chi connectivity index (χ1) is 15.1. The molecule has 166 valence electrons. The van der Waals surface area contributed by atoms with Gasteiger partial charge in [0.15, 0.2) is 5.11 Å². The van der Waals surface area contributed by atoms with Crippen LogP contribution in [0.4, 0.5) is 40.3 Å². The maximum Gasteiger partial charge on any atom is 0.393 e. The van der Waals surface area contributed by atoms with Gasteiger partial charge < -0.3 is 21.7 Å². The first-order valence-corrected chi connectivity index (χ1v) is 9.70. The van der Waals surface area contributed by atoms with Crippen LogP contribution in [0, 0.1) is 5.82 Å². The zero-order valence-corrected chi connectivity index (χ0v) is 17.3. The summed E-state index contributed by atoms with van der Waals surface area (Å²) in [6, 6.07) is 16.0. The van der Waals surface area contributed by atoms with Crippen LogP contribution in [0.2, 0.25) is 0 Å².